The first-order valence-corrected chi connectivity index (χ1v) is 6.58. The summed E-state index contributed by atoms with van der Waals surface area (Å²) in [6.45, 7) is 6.30. The standard InChI is InChI=1S/C12H22N4O/c1-2-16-8-5-10(6-9-16)12-14-11(15-17-12)4-3-7-13/h10H,2-9,13H2,1H3. The van der Waals surface area contributed by atoms with E-state index in [2.05, 4.69) is 22.0 Å². The SMILES string of the molecule is CCN1CCC(c2nc(CCCN)no2)CC1. The van der Waals surface area contributed by atoms with Gasteiger partial charge in [-0.05, 0) is 45.4 Å². The number of aryl methyl sites for hydroxylation is 1. The smallest absolute Gasteiger partial charge is 0.229 e. The van der Waals surface area contributed by atoms with Crippen molar-refractivity contribution in [3.05, 3.63) is 11.7 Å². The summed E-state index contributed by atoms with van der Waals surface area (Å²) in [5.41, 5.74) is 5.46. The molecular weight excluding hydrogens is 216 g/mol. The van der Waals surface area contributed by atoms with Gasteiger partial charge in [0.1, 0.15) is 0 Å². The van der Waals surface area contributed by atoms with Gasteiger partial charge in [-0.15, -0.1) is 0 Å². The average molecular weight is 238 g/mol. The van der Waals surface area contributed by atoms with E-state index in [1.54, 1.807) is 0 Å². The molecule has 2 rings (SSSR count). The van der Waals surface area contributed by atoms with E-state index < -0.39 is 0 Å². The molecule has 5 nitrogen and oxygen atoms in total. The van der Waals surface area contributed by atoms with Gasteiger partial charge in [-0.2, -0.15) is 4.98 Å². The highest BCUT2D eigenvalue weighted by atomic mass is 16.5. The molecule has 1 aromatic rings. The minimum absolute atomic E-state index is 0.455. The van der Waals surface area contributed by atoms with Gasteiger partial charge < -0.3 is 15.2 Å². The number of hydrogen-bond donors (Lipinski definition) is 1. The predicted octanol–water partition coefficient (Wildman–Crippen LogP) is 1.16. The Morgan fingerprint density at radius 1 is 1.41 bits per heavy atom. The third-order valence-electron chi connectivity index (χ3n) is 3.47. The van der Waals surface area contributed by atoms with Crippen LogP contribution in [-0.4, -0.2) is 41.2 Å². The molecule has 1 saturated heterocycles. The van der Waals surface area contributed by atoms with E-state index in [0.717, 1.165) is 57.0 Å². The second-order valence-corrected chi connectivity index (χ2v) is 4.65. The van der Waals surface area contributed by atoms with Gasteiger partial charge in [-0.25, -0.2) is 0 Å². The van der Waals surface area contributed by atoms with Gasteiger partial charge >= 0.3 is 0 Å². The number of hydrogen-bond acceptors (Lipinski definition) is 5. The lowest BCUT2D eigenvalue weighted by molar-refractivity contribution is 0.202. The molecule has 0 bridgehead atoms. The molecule has 5 heteroatoms. The van der Waals surface area contributed by atoms with E-state index in [4.69, 9.17) is 10.3 Å². The lowest BCUT2D eigenvalue weighted by Gasteiger charge is -2.28. The number of likely N-dealkylation sites (tertiary alicyclic amines) is 1. The van der Waals surface area contributed by atoms with Gasteiger partial charge in [-0.3, -0.25) is 0 Å². The van der Waals surface area contributed by atoms with Crippen molar-refractivity contribution in [1.29, 1.82) is 0 Å². The first-order chi connectivity index (χ1) is 8.33. The molecule has 0 atom stereocenters. The first kappa shape index (κ1) is 12.5. The zero-order valence-corrected chi connectivity index (χ0v) is 10.6. The van der Waals surface area contributed by atoms with Crippen LogP contribution in [0.2, 0.25) is 0 Å². The van der Waals surface area contributed by atoms with Crippen molar-refractivity contribution >= 4 is 0 Å². The minimum Gasteiger partial charge on any atom is -0.339 e. The van der Waals surface area contributed by atoms with E-state index >= 15 is 0 Å². The monoisotopic (exact) mass is 238 g/mol. The fraction of sp³-hybridized carbons (Fsp3) is 0.833. The van der Waals surface area contributed by atoms with Crippen LogP contribution in [0.25, 0.3) is 0 Å². The third kappa shape index (κ3) is 3.26. The van der Waals surface area contributed by atoms with Crippen molar-refractivity contribution in [3.8, 4) is 0 Å². The normalized spacial score (nSPS) is 18.7. The van der Waals surface area contributed by atoms with Crippen molar-refractivity contribution < 1.29 is 4.52 Å². The lowest BCUT2D eigenvalue weighted by Crippen LogP contribution is -2.32. The van der Waals surface area contributed by atoms with Crippen LogP contribution in [0.1, 0.15) is 43.8 Å². The Morgan fingerprint density at radius 3 is 2.82 bits per heavy atom. The number of nitrogens with zero attached hydrogens (tertiary/aromatic N) is 3. The van der Waals surface area contributed by atoms with Crippen LogP contribution in [0.15, 0.2) is 4.52 Å². The Balaban J connectivity index is 1.87. The molecule has 0 aliphatic carbocycles. The molecule has 1 fully saturated rings. The molecule has 96 valence electrons. The molecule has 0 unspecified atom stereocenters. The summed E-state index contributed by atoms with van der Waals surface area (Å²) in [6, 6.07) is 0. The fourth-order valence-electron chi connectivity index (χ4n) is 2.29. The van der Waals surface area contributed by atoms with Gasteiger partial charge in [0.15, 0.2) is 5.82 Å². The maximum absolute atomic E-state index is 5.46. The number of rotatable bonds is 5. The van der Waals surface area contributed by atoms with E-state index in [1.807, 2.05) is 0 Å². The van der Waals surface area contributed by atoms with Crippen molar-refractivity contribution in [3.63, 3.8) is 0 Å². The Kier molecular flexibility index (Phi) is 4.50. The van der Waals surface area contributed by atoms with E-state index in [-0.39, 0.29) is 0 Å². The number of aromatic nitrogens is 2. The number of nitrogens with two attached hydrogens (primary N) is 1. The van der Waals surface area contributed by atoms with Crippen LogP contribution >= 0.6 is 0 Å². The summed E-state index contributed by atoms with van der Waals surface area (Å²) in [7, 11) is 0. The molecule has 1 aliphatic rings. The molecule has 0 spiro atoms. The van der Waals surface area contributed by atoms with Crippen molar-refractivity contribution in [1.82, 2.24) is 15.0 Å². The summed E-state index contributed by atoms with van der Waals surface area (Å²) >= 11 is 0. The fourth-order valence-corrected chi connectivity index (χ4v) is 2.29. The van der Waals surface area contributed by atoms with Crippen molar-refractivity contribution in [2.24, 2.45) is 5.73 Å². The van der Waals surface area contributed by atoms with E-state index in [0.29, 0.717) is 12.5 Å². The van der Waals surface area contributed by atoms with Crippen molar-refractivity contribution in [2.75, 3.05) is 26.2 Å². The Labute approximate surface area is 102 Å². The highest BCUT2D eigenvalue weighted by molar-refractivity contribution is 4.96. The molecule has 1 aliphatic heterocycles. The highest BCUT2D eigenvalue weighted by Crippen LogP contribution is 2.26. The summed E-state index contributed by atoms with van der Waals surface area (Å²) < 4.78 is 5.35. The lowest BCUT2D eigenvalue weighted by atomic mass is 9.97. The topological polar surface area (TPSA) is 68.2 Å². The second-order valence-electron chi connectivity index (χ2n) is 4.65. The maximum Gasteiger partial charge on any atom is 0.229 e. The molecule has 2 N–H and O–H groups in total. The van der Waals surface area contributed by atoms with Crippen LogP contribution in [0.3, 0.4) is 0 Å². The highest BCUT2D eigenvalue weighted by Gasteiger charge is 2.24. The molecule has 0 saturated carbocycles. The van der Waals surface area contributed by atoms with Crippen LogP contribution in [0.5, 0.6) is 0 Å². The molecule has 1 aromatic heterocycles. The first-order valence-electron chi connectivity index (χ1n) is 6.58. The Hall–Kier alpha value is -0.940. The molecule has 0 aromatic carbocycles. The molecule has 17 heavy (non-hydrogen) atoms. The molecule has 0 amide bonds. The van der Waals surface area contributed by atoms with Gasteiger partial charge in [-0.1, -0.05) is 12.1 Å². The van der Waals surface area contributed by atoms with Crippen molar-refractivity contribution in [2.45, 2.75) is 38.5 Å². The third-order valence-corrected chi connectivity index (χ3v) is 3.47. The van der Waals surface area contributed by atoms with E-state index in [9.17, 15) is 0 Å². The Morgan fingerprint density at radius 2 is 2.18 bits per heavy atom. The minimum atomic E-state index is 0.455. The van der Waals surface area contributed by atoms with Crippen LogP contribution < -0.4 is 5.73 Å². The molecule has 0 radical (unpaired) electrons. The zero-order valence-electron chi connectivity index (χ0n) is 10.6. The quantitative estimate of drug-likeness (QED) is 0.833. The second kappa shape index (κ2) is 6.12. The van der Waals surface area contributed by atoms with Crippen LogP contribution in [-0.2, 0) is 6.42 Å². The zero-order chi connectivity index (χ0) is 12.1. The van der Waals surface area contributed by atoms with Gasteiger partial charge in [0.2, 0.25) is 5.89 Å². The largest absolute Gasteiger partial charge is 0.339 e. The van der Waals surface area contributed by atoms with E-state index in [1.165, 1.54) is 0 Å². The predicted molar refractivity (Wildman–Crippen MR) is 65.8 cm³/mol. The maximum atomic E-state index is 5.46. The summed E-state index contributed by atoms with van der Waals surface area (Å²) in [6.07, 6.45) is 4.01. The molecule has 2 heterocycles. The Bertz CT molecular complexity index is 331. The number of piperidine rings is 1. The molecular formula is C12H22N4O. The summed E-state index contributed by atoms with van der Waals surface area (Å²) in [4.78, 5) is 6.93. The van der Waals surface area contributed by atoms with Gasteiger partial charge in [0.25, 0.3) is 0 Å². The summed E-state index contributed by atoms with van der Waals surface area (Å²) in [5.74, 6) is 2.09. The summed E-state index contributed by atoms with van der Waals surface area (Å²) in [5, 5.41) is 4.01. The van der Waals surface area contributed by atoms with Gasteiger partial charge in [0.05, 0.1) is 0 Å². The average Bonchev–Trinajstić information content (AvgIpc) is 2.85. The van der Waals surface area contributed by atoms with Gasteiger partial charge in [0, 0.05) is 12.3 Å². The van der Waals surface area contributed by atoms with Crippen LogP contribution in [0, 0.1) is 0 Å². The van der Waals surface area contributed by atoms with Crippen LogP contribution in [0.4, 0.5) is 0 Å².